The molecule has 0 unspecified atom stereocenters. The molecule has 1 heterocycles. The van der Waals surface area contributed by atoms with Crippen molar-refractivity contribution in [1.82, 2.24) is 4.98 Å². The molecule has 0 aliphatic carbocycles. The maximum atomic E-state index is 11.4. The quantitative estimate of drug-likeness (QED) is 0.777. The van der Waals surface area contributed by atoms with Crippen molar-refractivity contribution in [1.29, 1.82) is 5.26 Å². The molecule has 1 aromatic heterocycles. The standard InChI is InChI=1S/C10H5BrN2O/c11-7-1-2-8-6(4-12)5-13-10(14)9(8)3-7/h1-3,5H,(H,13,14). The Morgan fingerprint density at radius 2 is 2.14 bits per heavy atom. The maximum Gasteiger partial charge on any atom is 0.255 e. The molecule has 14 heavy (non-hydrogen) atoms. The lowest BCUT2D eigenvalue weighted by Crippen LogP contribution is -2.05. The van der Waals surface area contributed by atoms with Crippen LogP contribution in [0.1, 0.15) is 5.56 Å². The van der Waals surface area contributed by atoms with Gasteiger partial charge in [-0.15, -0.1) is 0 Å². The molecule has 2 rings (SSSR count). The van der Waals surface area contributed by atoms with Gasteiger partial charge in [0.2, 0.25) is 0 Å². The van der Waals surface area contributed by atoms with Crippen molar-refractivity contribution in [2.24, 2.45) is 0 Å². The topological polar surface area (TPSA) is 56.6 Å². The van der Waals surface area contributed by atoms with E-state index in [0.29, 0.717) is 16.3 Å². The van der Waals surface area contributed by atoms with E-state index in [1.165, 1.54) is 6.20 Å². The number of aromatic nitrogens is 1. The molecular formula is C10H5BrN2O. The zero-order chi connectivity index (χ0) is 10.1. The minimum atomic E-state index is -0.180. The lowest BCUT2D eigenvalue weighted by molar-refractivity contribution is 1.26. The highest BCUT2D eigenvalue weighted by Crippen LogP contribution is 2.18. The Morgan fingerprint density at radius 1 is 1.36 bits per heavy atom. The van der Waals surface area contributed by atoms with Crippen LogP contribution >= 0.6 is 15.9 Å². The van der Waals surface area contributed by atoms with Crippen LogP contribution in [0, 0.1) is 11.3 Å². The second-order valence-electron chi connectivity index (χ2n) is 2.83. The summed E-state index contributed by atoms with van der Waals surface area (Å²) >= 11 is 3.28. The van der Waals surface area contributed by atoms with Gasteiger partial charge in [-0.3, -0.25) is 4.79 Å². The highest BCUT2D eigenvalue weighted by Gasteiger charge is 2.03. The van der Waals surface area contributed by atoms with Gasteiger partial charge in [0, 0.05) is 21.4 Å². The lowest BCUT2D eigenvalue weighted by Gasteiger charge is -1.98. The number of pyridine rings is 1. The number of aromatic amines is 1. The summed E-state index contributed by atoms with van der Waals surface area (Å²) in [6.07, 6.45) is 1.43. The summed E-state index contributed by atoms with van der Waals surface area (Å²) in [6.45, 7) is 0. The first-order chi connectivity index (χ1) is 6.72. The van der Waals surface area contributed by atoms with Crippen LogP contribution in [-0.4, -0.2) is 4.98 Å². The SMILES string of the molecule is N#Cc1c[nH]c(=O)c2cc(Br)ccc12. The van der Waals surface area contributed by atoms with Gasteiger partial charge in [0.25, 0.3) is 5.56 Å². The van der Waals surface area contributed by atoms with Crippen LogP contribution in [0.2, 0.25) is 0 Å². The number of hydrogen-bond donors (Lipinski definition) is 1. The number of H-pyrrole nitrogens is 1. The number of nitrogens with zero attached hydrogens (tertiary/aromatic N) is 1. The van der Waals surface area contributed by atoms with Crippen molar-refractivity contribution in [2.75, 3.05) is 0 Å². The molecule has 0 bridgehead atoms. The predicted molar refractivity (Wildman–Crippen MR) is 57.0 cm³/mol. The first-order valence-electron chi connectivity index (χ1n) is 3.93. The summed E-state index contributed by atoms with van der Waals surface area (Å²) in [6, 6.07) is 7.30. The van der Waals surface area contributed by atoms with Crippen molar-refractivity contribution >= 4 is 26.7 Å². The van der Waals surface area contributed by atoms with Crippen molar-refractivity contribution < 1.29 is 0 Å². The van der Waals surface area contributed by atoms with Crippen LogP contribution in [-0.2, 0) is 0 Å². The first kappa shape index (κ1) is 8.97. The van der Waals surface area contributed by atoms with E-state index >= 15 is 0 Å². The van der Waals surface area contributed by atoms with Crippen LogP contribution in [0.15, 0.2) is 33.7 Å². The minimum absolute atomic E-state index is 0.180. The second kappa shape index (κ2) is 3.28. The number of nitrogens with one attached hydrogen (secondary N) is 1. The number of rotatable bonds is 0. The van der Waals surface area contributed by atoms with E-state index in [1.807, 2.05) is 12.1 Å². The Bertz CT molecular complexity index is 595. The molecule has 0 radical (unpaired) electrons. The van der Waals surface area contributed by atoms with E-state index in [0.717, 1.165) is 4.47 Å². The lowest BCUT2D eigenvalue weighted by atomic mass is 10.1. The smallest absolute Gasteiger partial charge is 0.255 e. The number of halogens is 1. The highest BCUT2D eigenvalue weighted by atomic mass is 79.9. The fourth-order valence-corrected chi connectivity index (χ4v) is 1.69. The molecule has 0 saturated heterocycles. The molecule has 3 nitrogen and oxygen atoms in total. The predicted octanol–water partition coefficient (Wildman–Crippen LogP) is 2.16. The van der Waals surface area contributed by atoms with Crippen molar-refractivity contribution in [3.63, 3.8) is 0 Å². The normalized spacial score (nSPS) is 10.0. The minimum Gasteiger partial charge on any atom is -0.327 e. The van der Waals surface area contributed by atoms with Crippen LogP contribution in [0.3, 0.4) is 0 Å². The summed E-state index contributed by atoms with van der Waals surface area (Å²) in [4.78, 5) is 13.9. The Hall–Kier alpha value is -1.60. The number of fused-ring (bicyclic) bond motifs is 1. The maximum absolute atomic E-state index is 11.4. The van der Waals surface area contributed by atoms with E-state index in [2.05, 4.69) is 20.9 Å². The molecule has 2 aromatic rings. The van der Waals surface area contributed by atoms with Gasteiger partial charge in [0.05, 0.1) is 5.56 Å². The van der Waals surface area contributed by atoms with Crippen molar-refractivity contribution in [3.05, 3.63) is 44.8 Å². The summed E-state index contributed by atoms with van der Waals surface area (Å²) in [5.41, 5.74) is 0.299. The number of nitriles is 1. The van der Waals surface area contributed by atoms with Gasteiger partial charge < -0.3 is 4.98 Å². The van der Waals surface area contributed by atoms with Gasteiger partial charge in [-0.2, -0.15) is 5.26 Å². The highest BCUT2D eigenvalue weighted by molar-refractivity contribution is 9.10. The molecular weight excluding hydrogens is 244 g/mol. The molecule has 0 fully saturated rings. The van der Waals surface area contributed by atoms with Crippen molar-refractivity contribution in [2.45, 2.75) is 0 Å². The van der Waals surface area contributed by atoms with E-state index < -0.39 is 0 Å². The Morgan fingerprint density at radius 3 is 2.86 bits per heavy atom. The second-order valence-corrected chi connectivity index (χ2v) is 3.75. The summed E-state index contributed by atoms with van der Waals surface area (Å²) in [5, 5.41) is 10.0. The Kier molecular flexibility index (Phi) is 2.10. The van der Waals surface area contributed by atoms with Crippen LogP contribution in [0.4, 0.5) is 0 Å². The fraction of sp³-hybridized carbons (Fsp3) is 0. The van der Waals surface area contributed by atoms with E-state index in [4.69, 9.17) is 5.26 Å². The average molecular weight is 249 g/mol. The molecule has 0 aliphatic heterocycles. The third-order valence-corrected chi connectivity index (χ3v) is 2.48. The van der Waals surface area contributed by atoms with Gasteiger partial charge in [-0.05, 0) is 12.1 Å². The largest absolute Gasteiger partial charge is 0.327 e. The average Bonchev–Trinajstić information content (AvgIpc) is 2.19. The van der Waals surface area contributed by atoms with Gasteiger partial charge in [-0.1, -0.05) is 22.0 Å². The fourth-order valence-electron chi connectivity index (χ4n) is 1.32. The van der Waals surface area contributed by atoms with Gasteiger partial charge in [0.15, 0.2) is 0 Å². The molecule has 0 saturated carbocycles. The molecule has 1 aromatic carbocycles. The molecule has 4 heteroatoms. The number of hydrogen-bond acceptors (Lipinski definition) is 2. The molecule has 0 atom stereocenters. The molecule has 0 amide bonds. The van der Waals surface area contributed by atoms with Gasteiger partial charge >= 0.3 is 0 Å². The van der Waals surface area contributed by atoms with E-state index in [-0.39, 0.29) is 5.56 Å². The zero-order valence-corrected chi connectivity index (χ0v) is 8.63. The molecule has 0 spiro atoms. The third-order valence-electron chi connectivity index (χ3n) is 1.98. The number of benzene rings is 1. The van der Waals surface area contributed by atoms with Gasteiger partial charge in [0.1, 0.15) is 6.07 Å². The van der Waals surface area contributed by atoms with Crippen LogP contribution in [0.25, 0.3) is 10.8 Å². The summed E-state index contributed by atoms with van der Waals surface area (Å²) in [5.74, 6) is 0. The van der Waals surface area contributed by atoms with E-state index in [9.17, 15) is 4.79 Å². The monoisotopic (exact) mass is 248 g/mol. The molecule has 1 N–H and O–H groups in total. The molecule has 0 aliphatic rings. The van der Waals surface area contributed by atoms with Crippen LogP contribution < -0.4 is 5.56 Å². The Labute approximate surface area is 88.1 Å². The summed E-state index contributed by atoms with van der Waals surface area (Å²) < 4.78 is 0.825. The Balaban J connectivity index is 3.01. The molecule has 68 valence electrons. The van der Waals surface area contributed by atoms with Crippen LogP contribution in [0.5, 0.6) is 0 Å². The van der Waals surface area contributed by atoms with Gasteiger partial charge in [-0.25, -0.2) is 0 Å². The zero-order valence-electron chi connectivity index (χ0n) is 7.04. The summed E-state index contributed by atoms with van der Waals surface area (Å²) in [7, 11) is 0. The first-order valence-corrected chi connectivity index (χ1v) is 4.73. The third kappa shape index (κ3) is 1.32. The van der Waals surface area contributed by atoms with E-state index in [1.54, 1.807) is 12.1 Å². The van der Waals surface area contributed by atoms with Crippen molar-refractivity contribution in [3.8, 4) is 6.07 Å².